The van der Waals surface area contributed by atoms with Crippen LogP contribution in [0.2, 0.25) is 0 Å². The highest BCUT2D eigenvalue weighted by Crippen LogP contribution is 2.45. The highest BCUT2D eigenvalue weighted by atomic mass is 16.5. The van der Waals surface area contributed by atoms with Crippen molar-refractivity contribution in [3.05, 3.63) is 75.1 Å². The fourth-order valence-electron chi connectivity index (χ4n) is 4.29. The molecule has 28 heavy (non-hydrogen) atoms. The molecule has 5 rings (SSSR count). The number of aromatic nitrogens is 1. The van der Waals surface area contributed by atoms with E-state index in [4.69, 9.17) is 4.74 Å². The first-order valence-electron chi connectivity index (χ1n) is 9.39. The van der Waals surface area contributed by atoms with Crippen LogP contribution in [-0.4, -0.2) is 22.2 Å². The van der Waals surface area contributed by atoms with Crippen molar-refractivity contribution in [2.24, 2.45) is 0 Å². The topological polar surface area (TPSA) is 68.5 Å². The third kappa shape index (κ3) is 2.47. The molecular weight excluding hydrogens is 354 g/mol. The summed E-state index contributed by atoms with van der Waals surface area (Å²) in [6, 6.07) is 11.9. The lowest BCUT2D eigenvalue weighted by Crippen LogP contribution is -2.22. The van der Waals surface area contributed by atoms with E-state index in [1.807, 2.05) is 4.57 Å². The number of rotatable bonds is 2. The summed E-state index contributed by atoms with van der Waals surface area (Å²) in [5, 5.41) is 9.27. The lowest BCUT2D eigenvalue weighted by atomic mass is 9.87. The molecule has 0 spiro atoms. The molecule has 2 aromatic carbocycles. The maximum atomic E-state index is 12.3. The van der Waals surface area contributed by atoms with Crippen LogP contribution in [0.25, 0.3) is 22.4 Å². The number of ether oxygens (including phenoxy) is 1. The van der Waals surface area contributed by atoms with Gasteiger partial charge in [0.2, 0.25) is 0 Å². The maximum Gasteiger partial charge on any atom is 0.341 e. The number of fused-ring (bicyclic) bond motifs is 5. The molecule has 1 N–H and O–H groups in total. The molecule has 0 amide bonds. The number of carboxylic acid groups (broad SMARTS) is 1. The summed E-state index contributed by atoms with van der Waals surface area (Å²) in [4.78, 5) is 23.7. The molecule has 0 saturated heterocycles. The van der Waals surface area contributed by atoms with E-state index in [2.05, 4.69) is 37.3 Å². The van der Waals surface area contributed by atoms with Gasteiger partial charge in [-0.25, -0.2) is 4.79 Å². The minimum absolute atomic E-state index is 0.185. The van der Waals surface area contributed by atoms with E-state index in [9.17, 15) is 14.7 Å². The Balaban J connectivity index is 1.77. The van der Waals surface area contributed by atoms with Gasteiger partial charge in [0.1, 0.15) is 11.3 Å². The molecule has 2 aliphatic rings. The van der Waals surface area contributed by atoms with Gasteiger partial charge in [0, 0.05) is 41.9 Å². The minimum atomic E-state index is -1.19. The Morgan fingerprint density at radius 3 is 2.61 bits per heavy atom. The number of hydrogen-bond donors (Lipinski definition) is 1. The zero-order valence-electron chi connectivity index (χ0n) is 15.5. The fourth-order valence-corrected chi connectivity index (χ4v) is 4.29. The van der Waals surface area contributed by atoms with Crippen LogP contribution in [0.5, 0.6) is 5.75 Å². The predicted octanol–water partition coefficient (Wildman–Crippen LogP) is 3.68. The van der Waals surface area contributed by atoms with Gasteiger partial charge in [-0.3, -0.25) is 4.79 Å². The van der Waals surface area contributed by atoms with Crippen LogP contribution in [0.1, 0.15) is 27.0 Å². The largest absolute Gasteiger partial charge is 0.492 e. The molecule has 2 aliphatic heterocycles. The molecule has 3 aromatic rings. The van der Waals surface area contributed by atoms with Gasteiger partial charge in [0.05, 0.1) is 12.3 Å². The number of pyridine rings is 1. The number of carboxylic acids is 1. The summed E-state index contributed by atoms with van der Waals surface area (Å²) < 4.78 is 7.88. The van der Waals surface area contributed by atoms with E-state index < -0.39 is 11.4 Å². The average molecular weight is 373 g/mol. The Morgan fingerprint density at radius 2 is 1.86 bits per heavy atom. The second-order valence-electron chi connectivity index (χ2n) is 7.41. The number of hydrogen-bond acceptors (Lipinski definition) is 3. The van der Waals surface area contributed by atoms with E-state index in [1.54, 1.807) is 0 Å². The molecule has 3 heterocycles. The van der Waals surface area contributed by atoms with Crippen LogP contribution < -0.4 is 10.2 Å². The zero-order chi connectivity index (χ0) is 19.4. The summed E-state index contributed by atoms with van der Waals surface area (Å²) in [6.07, 6.45) is 3.12. The smallest absolute Gasteiger partial charge is 0.341 e. The van der Waals surface area contributed by atoms with Crippen molar-refractivity contribution in [3.63, 3.8) is 0 Å². The maximum absolute atomic E-state index is 12.3. The number of nitrogens with zero attached hydrogens (tertiary/aromatic N) is 1. The Morgan fingerprint density at radius 1 is 1.07 bits per heavy atom. The number of carbonyl (C=O) groups is 1. The van der Waals surface area contributed by atoms with Gasteiger partial charge in [0.15, 0.2) is 5.43 Å². The summed E-state index contributed by atoms with van der Waals surface area (Å²) in [5.41, 5.74) is 6.86. The third-order valence-corrected chi connectivity index (χ3v) is 5.69. The van der Waals surface area contributed by atoms with Crippen molar-refractivity contribution in [1.82, 2.24) is 4.57 Å². The fraction of sp³-hybridized carbons (Fsp3) is 0.217. The number of aromatic carboxylic acids is 1. The van der Waals surface area contributed by atoms with Crippen molar-refractivity contribution < 1.29 is 14.6 Å². The normalized spacial score (nSPS) is 14.0. The Hall–Kier alpha value is -3.34. The summed E-state index contributed by atoms with van der Waals surface area (Å²) in [6.45, 7) is 3.37. The third-order valence-electron chi connectivity index (χ3n) is 5.69. The van der Waals surface area contributed by atoms with Gasteiger partial charge in [-0.2, -0.15) is 0 Å². The summed E-state index contributed by atoms with van der Waals surface area (Å²) >= 11 is 0. The van der Waals surface area contributed by atoms with E-state index in [1.165, 1.54) is 29.0 Å². The van der Waals surface area contributed by atoms with Gasteiger partial charge >= 0.3 is 5.97 Å². The van der Waals surface area contributed by atoms with Gasteiger partial charge in [-0.05, 0) is 30.5 Å². The monoisotopic (exact) mass is 373 g/mol. The Bertz CT molecular complexity index is 1190. The molecule has 0 atom stereocenters. The van der Waals surface area contributed by atoms with Crippen molar-refractivity contribution in [1.29, 1.82) is 0 Å². The van der Waals surface area contributed by atoms with Crippen molar-refractivity contribution >= 4 is 5.97 Å². The van der Waals surface area contributed by atoms with Crippen LogP contribution >= 0.6 is 0 Å². The highest BCUT2D eigenvalue weighted by Gasteiger charge is 2.28. The second-order valence-corrected chi connectivity index (χ2v) is 7.41. The highest BCUT2D eigenvalue weighted by molar-refractivity contribution is 5.88. The zero-order valence-corrected chi connectivity index (χ0v) is 15.5. The van der Waals surface area contributed by atoms with Crippen LogP contribution in [0.15, 0.2) is 47.4 Å². The number of aryl methyl sites for hydroxylation is 2. The van der Waals surface area contributed by atoms with Crippen molar-refractivity contribution in [3.8, 4) is 28.1 Å². The van der Waals surface area contributed by atoms with Crippen LogP contribution in [0.4, 0.5) is 0 Å². The second kappa shape index (κ2) is 6.09. The first-order chi connectivity index (χ1) is 13.5. The molecule has 0 bridgehead atoms. The molecule has 0 unspecified atom stereocenters. The minimum Gasteiger partial charge on any atom is -0.492 e. The van der Waals surface area contributed by atoms with Gasteiger partial charge in [0.25, 0.3) is 0 Å². The van der Waals surface area contributed by atoms with Crippen LogP contribution in [-0.2, 0) is 19.4 Å². The molecule has 0 radical (unpaired) electrons. The van der Waals surface area contributed by atoms with Crippen molar-refractivity contribution in [2.75, 3.05) is 6.61 Å². The molecule has 0 fully saturated rings. The number of benzene rings is 2. The molecule has 0 aliphatic carbocycles. The van der Waals surface area contributed by atoms with E-state index >= 15 is 0 Å². The summed E-state index contributed by atoms with van der Waals surface area (Å²) in [5.74, 6) is -0.241. The molecule has 140 valence electrons. The van der Waals surface area contributed by atoms with Crippen LogP contribution in [0.3, 0.4) is 0 Å². The van der Waals surface area contributed by atoms with Crippen LogP contribution in [0, 0.1) is 6.92 Å². The van der Waals surface area contributed by atoms with E-state index in [0.29, 0.717) is 13.2 Å². The lowest BCUT2D eigenvalue weighted by molar-refractivity contribution is 0.0694. The average Bonchev–Trinajstić information content (AvgIpc) is 3.17. The van der Waals surface area contributed by atoms with Gasteiger partial charge in [-0.1, -0.05) is 29.8 Å². The SMILES string of the molecule is Cc1ccc(-c2cc3c(c4c2OCC4)CCn2cc(C(=O)O)c(=O)cc2-3)cc1. The Labute approximate surface area is 161 Å². The van der Waals surface area contributed by atoms with Crippen molar-refractivity contribution in [2.45, 2.75) is 26.3 Å². The predicted molar refractivity (Wildman–Crippen MR) is 106 cm³/mol. The molecular formula is C23H19NO4. The first-order valence-corrected chi connectivity index (χ1v) is 9.39. The molecule has 0 saturated carbocycles. The molecule has 5 heteroatoms. The molecule has 5 nitrogen and oxygen atoms in total. The quantitative estimate of drug-likeness (QED) is 0.744. The Kier molecular flexibility index (Phi) is 3.66. The first kappa shape index (κ1) is 16.8. The standard InChI is InChI=1S/C23H19NO4/c1-13-2-4-14(5-3-13)17-10-18-15(16-7-9-28-22(16)17)6-8-24-12-19(23(26)27)21(25)11-20(18)24/h2-5,10-12H,6-9H2,1H3,(H,26,27). The van der Waals surface area contributed by atoms with Gasteiger partial charge < -0.3 is 14.4 Å². The van der Waals surface area contributed by atoms with E-state index in [0.717, 1.165) is 41.0 Å². The van der Waals surface area contributed by atoms with Gasteiger partial charge in [-0.15, -0.1) is 0 Å². The molecule has 1 aromatic heterocycles. The van der Waals surface area contributed by atoms with E-state index in [-0.39, 0.29) is 5.56 Å². The lowest BCUT2D eigenvalue weighted by Gasteiger charge is -2.25. The summed E-state index contributed by atoms with van der Waals surface area (Å²) in [7, 11) is 0.